The predicted octanol–water partition coefficient (Wildman–Crippen LogP) is 2.85. The minimum absolute atomic E-state index is 0.0363. The third kappa shape index (κ3) is 7.08. The summed E-state index contributed by atoms with van der Waals surface area (Å²) in [5, 5.41) is 7.64. The molecule has 1 aromatic rings. The molecule has 0 spiro atoms. The van der Waals surface area contributed by atoms with Crippen LogP contribution >= 0.6 is 23.1 Å². The smallest absolute Gasteiger partial charge is 0.431 e. The molecule has 3 N–H and O–H groups in total. The van der Waals surface area contributed by atoms with Gasteiger partial charge in [0.15, 0.2) is 10.8 Å². The fourth-order valence-corrected chi connectivity index (χ4v) is 6.35. The summed E-state index contributed by atoms with van der Waals surface area (Å²) in [6.45, 7) is 8.70. The highest BCUT2D eigenvalue weighted by molar-refractivity contribution is 8.00. The third-order valence-electron chi connectivity index (χ3n) is 6.40. The van der Waals surface area contributed by atoms with Gasteiger partial charge in [-0.1, -0.05) is 36.9 Å². The first kappa shape index (κ1) is 30.1. The van der Waals surface area contributed by atoms with E-state index in [1.807, 2.05) is 0 Å². The number of carbonyl (C=O) groups excluding carboxylic acids is 4. The van der Waals surface area contributed by atoms with E-state index in [9.17, 15) is 19.2 Å². The van der Waals surface area contributed by atoms with Crippen molar-refractivity contribution in [3.8, 4) is 0 Å². The average Bonchev–Trinajstić information content (AvgIpc) is 3.38. The van der Waals surface area contributed by atoms with Crippen LogP contribution in [0.15, 0.2) is 47.1 Å². The van der Waals surface area contributed by atoms with Crippen LogP contribution in [0, 0.1) is 0 Å². The van der Waals surface area contributed by atoms with Gasteiger partial charge in [-0.15, -0.1) is 23.1 Å². The molecule has 0 radical (unpaired) electrons. The number of nitrogen functional groups attached to an aromatic ring is 1. The third-order valence-corrected chi connectivity index (χ3v) is 8.38. The molecule has 220 valence electrons. The fourth-order valence-electron chi connectivity index (χ4n) is 4.47. The van der Waals surface area contributed by atoms with E-state index in [-0.39, 0.29) is 34.9 Å². The molecule has 0 aromatic carbocycles. The average molecular weight is 606 g/mol. The Morgan fingerprint density at radius 1 is 1.27 bits per heavy atom. The number of thiazole rings is 1. The number of allylic oxidation sites excluding steroid dienone is 1. The van der Waals surface area contributed by atoms with Crippen LogP contribution in [0.5, 0.6) is 0 Å². The molecular weight excluding hydrogens is 574 g/mol. The van der Waals surface area contributed by atoms with Crippen molar-refractivity contribution in [1.82, 2.24) is 15.2 Å². The van der Waals surface area contributed by atoms with E-state index in [0.29, 0.717) is 11.3 Å². The number of nitrogens with two attached hydrogens (primary N) is 1. The first-order chi connectivity index (χ1) is 19.7. The molecule has 0 bridgehead atoms. The van der Waals surface area contributed by atoms with Gasteiger partial charge in [-0.2, -0.15) is 0 Å². The molecule has 3 aliphatic rings. The Morgan fingerprint density at radius 3 is 2.68 bits per heavy atom. The van der Waals surface area contributed by atoms with Crippen molar-refractivity contribution < 1.29 is 38.2 Å². The first-order valence-electron chi connectivity index (χ1n) is 12.9. The number of rotatable bonds is 11. The second-order valence-corrected chi connectivity index (χ2v) is 11.2. The van der Waals surface area contributed by atoms with Crippen molar-refractivity contribution in [2.75, 3.05) is 18.1 Å². The molecule has 1 saturated heterocycles. The second kappa shape index (κ2) is 13.7. The molecule has 3 atom stereocenters. The van der Waals surface area contributed by atoms with E-state index in [0.717, 1.165) is 43.4 Å². The molecule has 2 unspecified atom stereocenters. The Hall–Kier alpha value is -3.85. The quantitative estimate of drug-likeness (QED) is 0.0723. The number of fused-ring (bicyclic) bond motifs is 1. The van der Waals surface area contributed by atoms with Crippen molar-refractivity contribution in [2.45, 2.75) is 62.8 Å². The number of hydrogen-bond donors (Lipinski definition) is 2. The topological polar surface area (TPSA) is 172 Å². The Labute approximate surface area is 244 Å². The van der Waals surface area contributed by atoms with Crippen LogP contribution in [0.4, 0.5) is 9.93 Å². The minimum Gasteiger partial charge on any atom is -0.431 e. The van der Waals surface area contributed by atoms with Gasteiger partial charge in [0.1, 0.15) is 35.5 Å². The zero-order valence-electron chi connectivity index (χ0n) is 22.4. The number of hydrogen-bond acceptors (Lipinski definition) is 13. The predicted molar refractivity (Wildman–Crippen MR) is 151 cm³/mol. The Balaban J connectivity index is 1.40. The lowest BCUT2D eigenvalue weighted by Gasteiger charge is -2.49. The van der Waals surface area contributed by atoms with Crippen molar-refractivity contribution in [3.63, 3.8) is 0 Å². The molecule has 41 heavy (non-hydrogen) atoms. The van der Waals surface area contributed by atoms with Gasteiger partial charge in [0, 0.05) is 18.1 Å². The number of β-lactam (4-membered cyclic amide) rings is 1. The maximum atomic E-state index is 13.2. The molecule has 2 amide bonds. The number of aromatic nitrogens is 1. The largest absolute Gasteiger partial charge is 0.511 e. The fraction of sp³-hybridized carbons (Fsp3) is 0.462. The summed E-state index contributed by atoms with van der Waals surface area (Å²) in [6, 6.07) is -0.971. The second-order valence-electron chi connectivity index (χ2n) is 9.25. The first-order valence-corrected chi connectivity index (χ1v) is 14.9. The van der Waals surface area contributed by atoms with Gasteiger partial charge < -0.3 is 30.1 Å². The summed E-state index contributed by atoms with van der Waals surface area (Å²) in [6.07, 6.45) is 5.07. The van der Waals surface area contributed by atoms with Crippen molar-refractivity contribution >= 4 is 57.9 Å². The van der Waals surface area contributed by atoms with Gasteiger partial charge >= 0.3 is 12.1 Å². The number of ether oxygens (including phenoxy) is 3. The molecule has 1 aromatic heterocycles. The molecule has 15 heteroatoms. The number of oxime groups is 1. The number of thioether (sulfide) groups is 1. The Bertz CT molecular complexity index is 1270. The monoisotopic (exact) mass is 605 g/mol. The standard InChI is InChI=1S/C26H31N5O8S2/c1-4-11-36-30-18(17-13-41-25(27)28-17)21(32)29-19-22(33)31-20(15(5-2)12-40-23(19)31)24(34)37-14(3)38-26(35)39-16-9-7-6-8-10-16/h4-5,13-14,16,19,23H,1-2,6-12H2,3H3,(H2,27,28)(H,29,32)/t14?,19?,23-/m1/s1. The van der Waals surface area contributed by atoms with E-state index in [4.69, 9.17) is 24.8 Å². The summed E-state index contributed by atoms with van der Waals surface area (Å²) < 4.78 is 15.8. The maximum Gasteiger partial charge on any atom is 0.511 e. The summed E-state index contributed by atoms with van der Waals surface area (Å²) in [5.41, 5.74) is 6.14. The van der Waals surface area contributed by atoms with Gasteiger partial charge in [-0.25, -0.2) is 14.6 Å². The van der Waals surface area contributed by atoms with E-state index in [2.05, 4.69) is 28.6 Å². The molecule has 2 aliphatic heterocycles. The molecule has 4 rings (SSSR count). The highest BCUT2D eigenvalue weighted by atomic mass is 32.2. The number of amides is 2. The van der Waals surface area contributed by atoms with Gasteiger partial charge in [0.05, 0.1) is 0 Å². The molecule has 13 nitrogen and oxygen atoms in total. The Morgan fingerprint density at radius 2 is 2.02 bits per heavy atom. The van der Waals surface area contributed by atoms with Crippen LogP contribution in [0.3, 0.4) is 0 Å². The zero-order chi connectivity index (χ0) is 29.5. The van der Waals surface area contributed by atoms with Gasteiger partial charge in [0.2, 0.25) is 6.29 Å². The lowest BCUT2D eigenvalue weighted by molar-refractivity contribution is -0.169. The zero-order valence-corrected chi connectivity index (χ0v) is 24.0. The number of esters is 1. The molecule has 3 heterocycles. The van der Waals surface area contributed by atoms with E-state index >= 15 is 0 Å². The van der Waals surface area contributed by atoms with Crippen molar-refractivity contribution in [2.24, 2.45) is 5.16 Å². The van der Waals surface area contributed by atoms with Crippen LogP contribution in [-0.4, -0.2) is 75.7 Å². The number of nitrogens with one attached hydrogen (secondary N) is 1. The van der Waals surface area contributed by atoms with Crippen LogP contribution in [0.25, 0.3) is 0 Å². The molecule has 2 fully saturated rings. The minimum atomic E-state index is -1.27. The van der Waals surface area contributed by atoms with Gasteiger partial charge in [-0.3, -0.25) is 14.5 Å². The molecular formula is C26H31N5O8S2. The summed E-state index contributed by atoms with van der Waals surface area (Å²) in [5.74, 6) is -1.81. The highest BCUT2D eigenvalue weighted by Gasteiger charge is 2.54. The van der Waals surface area contributed by atoms with Crippen LogP contribution < -0.4 is 11.1 Å². The molecule has 1 saturated carbocycles. The van der Waals surface area contributed by atoms with Crippen molar-refractivity contribution in [3.05, 3.63) is 47.7 Å². The lowest BCUT2D eigenvalue weighted by Crippen LogP contribution is -2.71. The number of anilines is 1. The summed E-state index contributed by atoms with van der Waals surface area (Å²) in [4.78, 5) is 62.0. The van der Waals surface area contributed by atoms with Crippen LogP contribution in [-0.2, 0) is 33.4 Å². The number of nitrogens with zero attached hydrogens (tertiary/aromatic N) is 3. The van der Waals surface area contributed by atoms with Crippen LogP contribution in [0.1, 0.15) is 44.7 Å². The lowest BCUT2D eigenvalue weighted by atomic mass is 9.98. The normalized spacial score (nSPS) is 21.6. The number of carbonyl (C=O) groups is 4. The van der Waals surface area contributed by atoms with E-state index in [1.165, 1.54) is 41.1 Å². The van der Waals surface area contributed by atoms with Crippen molar-refractivity contribution in [1.29, 1.82) is 0 Å². The van der Waals surface area contributed by atoms with Crippen LogP contribution in [0.2, 0.25) is 0 Å². The highest BCUT2D eigenvalue weighted by Crippen LogP contribution is 2.41. The molecule has 1 aliphatic carbocycles. The van der Waals surface area contributed by atoms with Gasteiger partial charge in [-0.05, 0) is 31.3 Å². The van der Waals surface area contributed by atoms with E-state index < -0.39 is 41.6 Å². The summed E-state index contributed by atoms with van der Waals surface area (Å²) in [7, 11) is 0. The Kier molecular flexibility index (Phi) is 10.0. The SMILES string of the molecule is C=CCON=C(C(=O)NC1C(=O)N2C(C(=O)OC(C)OC(=O)OC3CCCCC3)=C(C=C)CS[C@H]12)c1csc(N)n1. The van der Waals surface area contributed by atoms with Gasteiger partial charge in [0.25, 0.3) is 11.8 Å². The van der Waals surface area contributed by atoms with E-state index in [1.54, 1.807) is 0 Å². The maximum absolute atomic E-state index is 13.2. The summed E-state index contributed by atoms with van der Waals surface area (Å²) >= 11 is 2.45.